The number of piperazine rings is 1. The van der Waals surface area contributed by atoms with Crippen molar-refractivity contribution < 1.29 is 9.53 Å². The molecule has 4 rings (SSSR count). The fourth-order valence-electron chi connectivity index (χ4n) is 3.88. The molecule has 0 bridgehead atoms. The summed E-state index contributed by atoms with van der Waals surface area (Å²) in [7, 11) is 3.60. The Hall–Kier alpha value is -2.54. The summed E-state index contributed by atoms with van der Waals surface area (Å²) < 4.78 is 7.03. The van der Waals surface area contributed by atoms with E-state index in [9.17, 15) is 4.79 Å². The van der Waals surface area contributed by atoms with Crippen LogP contribution in [0.4, 0.5) is 4.79 Å². The number of aryl methyl sites for hydroxylation is 1. The van der Waals surface area contributed by atoms with Crippen molar-refractivity contribution in [2.75, 3.05) is 33.3 Å². The lowest BCUT2D eigenvalue weighted by Crippen LogP contribution is -2.51. The number of aromatic nitrogens is 2. The summed E-state index contributed by atoms with van der Waals surface area (Å²) in [4.78, 5) is 19.1. The van der Waals surface area contributed by atoms with Gasteiger partial charge in [0.25, 0.3) is 0 Å². The van der Waals surface area contributed by atoms with E-state index in [0.717, 1.165) is 44.0 Å². The summed E-state index contributed by atoms with van der Waals surface area (Å²) in [6.07, 6.45) is 3.98. The number of carbonyl (C=O) groups excluding carboxylic acids is 1. The molecular formula is C19H25N5O2. The van der Waals surface area contributed by atoms with Crippen LogP contribution in [0.15, 0.2) is 36.7 Å². The Morgan fingerprint density at radius 1 is 1.12 bits per heavy atom. The van der Waals surface area contributed by atoms with Gasteiger partial charge in [0.1, 0.15) is 5.75 Å². The van der Waals surface area contributed by atoms with Crippen LogP contribution in [0.5, 0.6) is 5.75 Å². The number of nitrogens with zero attached hydrogens (tertiary/aromatic N) is 5. The first kappa shape index (κ1) is 16.9. The second-order valence-corrected chi connectivity index (χ2v) is 7.12. The van der Waals surface area contributed by atoms with E-state index in [0.29, 0.717) is 6.54 Å². The average molecular weight is 355 g/mol. The molecule has 2 saturated heterocycles. The van der Waals surface area contributed by atoms with Gasteiger partial charge in [-0.15, -0.1) is 0 Å². The Morgan fingerprint density at radius 2 is 1.92 bits per heavy atom. The van der Waals surface area contributed by atoms with Crippen molar-refractivity contribution in [2.45, 2.75) is 19.1 Å². The van der Waals surface area contributed by atoms with Crippen LogP contribution in [0, 0.1) is 0 Å². The normalized spacial score (nSPS) is 20.5. The molecule has 1 aromatic heterocycles. The lowest BCUT2D eigenvalue weighted by molar-refractivity contribution is 0.116. The summed E-state index contributed by atoms with van der Waals surface area (Å²) in [5.74, 6) is 0.838. The number of methoxy groups -OCH3 is 1. The molecule has 2 aliphatic rings. The number of carbonyl (C=O) groups is 1. The highest BCUT2D eigenvalue weighted by molar-refractivity contribution is 5.77. The van der Waals surface area contributed by atoms with E-state index in [1.807, 2.05) is 52.0 Å². The number of amides is 2. The molecule has 1 atom stereocenters. The van der Waals surface area contributed by atoms with Crippen molar-refractivity contribution in [3.8, 4) is 5.75 Å². The Balaban J connectivity index is 1.37. The molecular weight excluding hydrogens is 330 g/mol. The quantitative estimate of drug-likeness (QED) is 0.817. The van der Waals surface area contributed by atoms with Gasteiger partial charge in [-0.05, 0) is 17.7 Å². The molecule has 2 amide bonds. The Morgan fingerprint density at radius 3 is 2.62 bits per heavy atom. The van der Waals surface area contributed by atoms with Gasteiger partial charge in [-0.3, -0.25) is 9.58 Å². The summed E-state index contributed by atoms with van der Waals surface area (Å²) in [5.41, 5.74) is 2.35. The molecule has 0 spiro atoms. The molecule has 138 valence electrons. The average Bonchev–Trinajstić information content (AvgIpc) is 3.19. The molecule has 26 heavy (non-hydrogen) atoms. The zero-order chi connectivity index (χ0) is 18.1. The zero-order valence-electron chi connectivity index (χ0n) is 15.3. The molecule has 0 radical (unpaired) electrons. The Bertz CT molecular complexity index is 772. The number of hydrogen-bond acceptors (Lipinski definition) is 4. The van der Waals surface area contributed by atoms with E-state index in [1.165, 1.54) is 5.56 Å². The molecule has 7 heteroatoms. The van der Waals surface area contributed by atoms with E-state index in [-0.39, 0.29) is 12.1 Å². The smallest absolute Gasteiger partial charge is 0.320 e. The lowest BCUT2D eigenvalue weighted by atomic mass is 10.1. The molecule has 0 N–H and O–H groups in total. The lowest BCUT2D eigenvalue weighted by Gasteiger charge is -2.36. The van der Waals surface area contributed by atoms with Gasteiger partial charge in [-0.1, -0.05) is 12.1 Å². The first-order valence-corrected chi connectivity index (χ1v) is 9.01. The van der Waals surface area contributed by atoms with Crippen molar-refractivity contribution in [2.24, 2.45) is 7.05 Å². The minimum atomic E-state index is 0.159. The van der Waals surface area contributed by atoms with Gasteiger partial charge in [0, 0.05) is 58.1 Å². The van der Waals surface area contributed by atoms with E-state index >= 15 is 0 Å². The van der Waals surface area contributed by atoms with Gasteiger partial charge in [0.15, 0.2) is 0 Å². The molecule has 1 unspecified atom stereocenters. The Kier molecular flexibility index (Phi) is 4.55. The third-order valence-electron chi connectivity index (χ3n) is 5.21. The van der Waals surface area contributed by atoms with Gasteiger partial charge < -0.3 is 14.5 Å². The van der Waals surface area contributed by atoms with Crippen molar-refractivity contribution in [3.63, 3.8) is 0 Å². The Labute approximate surface area is 153 Å². The van der Waals surface area contributed by atoms with Gasteiger partial charge in [0.2, 0.25) is 0 Å². The number of fused-ring (bicyclic) bond motifs is 1. The highest BCUT2D eigenvalue weighted by Gasteiger charge is 2.40. The van der Waals surface area contributed by atoms with Gasteiger partial charge in [0.05, 0.1) is 19.3 Å². The van der Waals surface area contributed by atoms with Crippen LogP contribution in [0.1, 0.15) is 11.1 Å². The van der Waals surface area contributed by atoms with Crippen LogP contribution in [0.3, 0.4) is 0 Å². The fraction of sp³-hybridized carbons (Fsp3) is 0.474. The van der Waals surface area contributed by atoms with E-state index in [1.54, 1.807) is 7.11 Å². The number of hydrogen-bond donors (Lipinski definition) is 0. The monoisotopic (exact) mass is 355 g/mol. The molecule has 3 heterocycles. The van der Waals surface area contributed by atoms with Crippen LogP contribution < -0.4 is 4.74 Å². The van der Waals surface area contributed by atoms with Gasteiger partial charge in [-0.25, -0.2) is 4.79 Å². The first-order chi connectivity index (χ1) is 12.6. The predicted octanol–water partition coefficient (Wildman–Crippen LogP) is 1.55. The van der Waals surface area contributed by atoms with Crippen LogP contribution >= 0.6 is 0 Å². The summed E-state index contributed by atoms with van der Waals surface area (Å²) in [6, 6.07) is 8.37. The number of urea groups is 1. The molecule has 2 aliphatic heterocycles. The SMILES string of the molecule is COc1ccc(CN2CC3CN(Cc4cnn(C)c4)CCN3C2=O)cc1. The molecule has 7 nitrogen and oxygen atoms in total. The van der Waals surface area contributed by atoms with E-state index < -0.39 is 0 Å². The second-order valence-electron chi connectivity index (χ2n) is 7.12. The van der Waals surface area contributed by atoms with Gasteiger partial charge >= 0.3 is 6.03 Å². The van der Waals surface area contributed by atoms with Crippen molar-refractivity contribution in [3.05, 3.63) is 47.8 Å². The van der Waals surface area contributed by atoms with Crippen molar-refractivity contribution >= 4 is 6.03 Å². The third-order valence-corrected chi connectivity index (χ3v) is 5.21. The number of rotatable bonds is 5. The van der Waals surface area contributed by atoms with Crippen LogP contribution in [-0.4, -0.2) is 69.8 Å². The molecule has 2 aromatic rings. The molecule has 1 aromatic carbocycles. The summed E-state index contributed by atoms with van der Waals surface area (Å²) in [6.45, 7) is 4.95. The zero-order valence-corrected chi connectivity index (χ0v) is 15.3. The summed E-state index contributed by atoms with van der Waals surface area (Å²) in [5, 5.41) is 4.24. The molecule has 2 fully saturated rings. The van der Waals surface area contributed by atoms with Crippen LogP contribution in [-0.2, 0) is 20.1 Å². The maximum absolute atomic E-state index is 12.7. The maximum atomic E-state index is 12.7. The van der Waals surface area contributed by atoms with Crippen LogP contribution in [0.25, 0.3) is 0 Å². The van der Waals surface area contributed by atoms with Crippen molar-refractivity contribution in [1.82, 2.24) is 24.5 Å². The first-order valence-electron chi connectivity index (χ1n) is 9.01. The molecule has 0 aliphatic carbocycles. The van der Waals surface area contributed by atoms with Crippen molar-refractivity contribution in [1.29, 1.82) is 0 Å². The highest BCUT2D eigenvalue weighted by atomic mass is 16.5. The second kappa shape index (κ2) is 6.99. The standard InChI is InChI=1S/C19H25N5O2/c1-21-10-16(9-20-21)11-22-7-8-24-17(13-22)14-23(19(24)25)12-15-3-5-18(26-2)6-4-15/h3-6,9-10,17H,7-8,11-14H2,1-2H3. The highest BCUT2D eigenvalue weighted by Crippen LogP contribution is 2.24. The molecule has 0 saturated carbocycles. The minimum Gasteiger partial charge on any atom is -0.497 e. The van der Waals surface area contributed by atoms with Gasteiger partial charge in [-0.2, -0.15) is 5.10 Å². The minimum absolute atomic E-state index is 0.159. The number of benzene rings is 1. The van der Waals surface area contributed by atoms with E-state index in [4.69, 9.17) is 4.74 Å². The third kappa shape index (κ3) is 3.39. The maximum Gasteiger partial charge on any atom is 0.320 e. The van der Waals surface area contributed by atoms with Crippen LogP contribution in [0.2, 0.25) is 0 Å². The van der Waals surface area contributed by atoms with E-state index in [2.05, 4.69) is 16.2 Å². The fourth-order valence-corrected chi connectivity index (χ4v) is 3.88. The number of ether oxygens (including phenoxy) is 1. The largest absolute Gasteiger partial charge is 0.497 e. The summed E-state index contributed by atoms with van der Waals surface area (Å²) >= 11 is 0. The topological polar surface area (TPSA) is 53.8 Å². The predicted molar refractivity (Wildman–Crippen MR) is 97.8 cm³/mol.